The smallest absolute Gasteiger partial charge is 0.321 e. The van der Waals surface area contributed by atoms with Gasteiger partial charge in [-0.15, -0.1) is 0 Å². The average molecular weight is 293 g/mol. The third-order valence-electron chi connectivity index (χ3n) is 3.28. The molecule has 1 N–H and O–H groups in total. The van der Waals surface area contributed by atoms with Crippen LogP contribution in [0.4, 0.5) is 13.2 Å². The second kappa shape index (κ2) is 4.47. The van der Waals surface area contributed by atoms with Gasteiger partial charge < -0.3 is 4.98 Å². The number of benzene rings is 1. The Labute approximate surface area is 116 Å². The number of rotatable bonds is 1. The molecule has 0 fully saturated rings. The molecule has 0 spiro atoms. The normalized spacial score (nSPS) is 12.0. The molecule has 4 nitrogen and oxygen atoms in total. The van der Waals surface area contributed by atoms with Gasteiger partial charge in [0.05, 0.1) is 28.4 Å². The van der Waals surface area contributed by atoms with Gasteiger partial charge in [0, 0.05) is 7.05 Å². The number of pyridine rings is 1. The van der Waals surface area contributed by atoms with E-state index in [9.17, 15) is 18.0 Å². The monoisotopic (exact) mass is 293 g/mol. The number of nitrogens with zero attached hydrogens (tertiary/aromatic N) is 2. The van der Waals surface area contributed by atoms with Crippen molar-refractivity contribution in [3.05, 3.63) is 52.4 Å². The average Bonchev–Trinajstić information content (AvgIpc) is 2.80. The van der Waals surface area contributed by atoms with Gasteiger partial charge in [-0.2, -0.15) is 18.3 Å². The van der Waals surface area contributed by atoms with Crippen LogP contribution in [0, 0.1) is 0 Å². The molecule has 0 aliphatic rings. The Morgan fingerprint density at radius 1 is 1.19 bits per heavy atom. The van der Waals surface area contributed by atoms with E-state index in [0.29, 0.717) is 22.2 Å². The zero-order chi connectivity index (χ0) is 15.2. The van der Waals surface area contributed by atoms with E-state index in [0.717, 1.165) is 12.1 Å². The number of fused-ring (bicyclic) bond motifs is 1. The minimum absolute atomic E-state index is 0.324. The molecule has 0 aliphatic heterocycles. The maximum absolute atomic E-state index is 12.5. The highest BCUT2D eigenvalue weighted by molar-refractivity contribution is 5.81. The van der Waals surface area contributed by atoms with Gasteiger partial charge in [-0.1, -0.05) is 12.1 Å². The van der Waals surface area contributed by atoms with Crippen LogP contribution >= 0.6 is 0 Å². The fraction of sp³-hybridized carbons (Fsp3) is 0.143. The van der Waals surface area contributed by atoms with Crippen LogP contribution in [0.1, 0.15) is 5.56 Å². The largest absolute Gasteiger partial charge is 0.416 e. The molecule has 21 heavy (non-hydrogen) atoms. The van der Waals surface area contributed by atoms with Crippen molar-refractivity contribution in [2.24, 2.45) is 7.05 Å². The molecule has 0 aliphatic carbocycles. The van der Waals surface area contributed by atoms with Gasteiger partial charge in [0.2, 0.25) is 0 Å². The third-order valence-corrected chi connectivity index (χ3v) is 3.28. The highest BCUT2D eigenvalue weighted by Crippen LogP contribution is 2.30. The second-order valence-electron chi connectivity index (χ2n) is 4.65. The second-order valence-corrected chi connectivity index (χ2v) is 4.65. The molecular weight excluding hydrogens is 283 g/mol. The van der Waals surface area contributed by atoms with E-state index in [1.807, 2.05) is 0 Å². The Morgan fingerprint density at radius 2 is 1.86 bits per heavy atom. The molecule has 7 heteroatoms. The predicted molar refractivity (Wildman–Crippen MR) is 71.8 cm³/mol. The molecule has 0 saturated heterocycles. The van der Waals surface area contributed by atoms with E-state index >= 15 is 0 Å². The SMILES string of the molecule is Cn1ncc2c(=O)[nH]c(-c3ccc(C(F)(F)F)cc3)cc21. The van der Waals surface area contributed by atoms with Gasteiger partial charge >= 0.3 is 6.18 Å². The van der Waals surface area contributed by atoms with E-state index in [1.54, 1.807) is 13.1 Å². The van der Waals surface area contributed by atoms with E-state index in [4.69, 9.17) is 0 Å². The van der Waals surface area contributed by atoms with Crippen molar-refractivity contribution in [3.63, 3.8) is 0 Å². The van der Waals surface area contributed by atoms with Gasteiger partial charge in [0.15, 0.2) is 0 Å². The fourth-order valence-electron chi connectivity index (χ4n) is 2.15. The van der Waals surface area contributed by atoms with E-state index in [1.165, 1.54) is 23.0 Å². The molecule has 0 unspecified atom stereocenters. The first-order valence-corrected chi connectivity index (χ1v) is 6.09. The third kappa shape index (κ3) is 2.31. The molecule has 108 valence electrons. The van der Waals surface area contributed by atoms with Gasteiger partial charge in [0.25, 0.3) is 5.56 Å². The van der Waals surface area contributed by atoms with Crippen molar-refractivity contribution in [1.82, 2.24) is 14.8 Å². The summed E-state index contributed by atoms with van der Waals surface area (Å²) in [5.41, 5.74) is 0.521. The zero-order valence-corrected chi connectivity index (χ0v) is 10.9. The molecule has 0 radical (unpaired) electrons. The summed E-state index contributed by atoms with van der Waals surface area (Å²) in [4.78, 5) is 14.6. The lowest BCUT2D eigenvalue weighted by Crippen LogP contribution is -2.07. The summed E-state index contributed by atoms with van der Waals surface area (Å²) < 4.78 is 39.1. The molecule has 0 saturated carbocycles. The summed E-state index contributed by atoms with van der Waals surface area (Å²) in [6.07, 6.45) is -2.93. The number of alkyl halides is 3. The van der Waals surface area contributed by atoms with Crippen molar-refractivity contribution in [3.8, 4) is 11.3 Å². The van der Waals surface area contributed by atoms with Crippen LogP contribution in [0.25, 0.3) is 22.2 Å². The summed E-state index contributed by atoms with van der Waals surface area (Å²) in [6.45, 7) is 0. The van der Waals surface area contributed by atoms with Crippen molar-refractivity contribution in [2.45, 2.75) is 6.18 Å². The van der Waals surface area contributed by atoms with Gasteiger partial charge in [-0.3, -0.25) is 9.48 Å². The first-order valence-electron chi connectivity index (χ1n) is 6.09. The van der Waals surface area contributed by atoms with Crippen LogP contribution in [0.2, 0.25) is 0 Å². The number of halogens is 3. The lowest BCUT2D eigenvalue weighted by atomic mass is 10.1. The number of nitrogens with one attached hydrogen (secondary N) is 1. The summed E-state index contributed by atoms with van der Waals surface area (Å²) >= 11 is 0. The molecule has 0 atom stereocenters. The van der Waals surface area contributed by atoms with Crippen LogP contribution in [-0.4, -0.2) is 14.8 Å². The van der Waals surface area contributed by atoms with Crippen LogP contribution < -0.4 is 5.56 Å². The van der Waals surface area contributed by atoms with Gasteiger partial charge in [-0.05, 0) is 23.8 Å². The Morgan fingerprint density at radius 3 is 2.48 bits per heavy atom. The summed E-state index contributed by atoms with van der Waals surface area (Å²) in [6, 6.07) is 6.32. The molecule has 2 heterocycles. The number of hydrogen-bond acceptors (Lipinski definition) is 2. The number of aromatic amines is 1. The highest BCUT2D eigenvalue weighted by Gasteiger charge is 2.30. The lowest BCUT2D eigenvalue weighted by molar-refractivity contribution is -0.137. The van der Waals surface area contributed by atoms with Crippen LogP contribution in [0.15, 0.2) is 41.3 Å². The Bertz CT molecular complexity index is 860. The first kappa shape index (κ1) is 13.4. The molecule has 0 bridgehead atoms. The molecular formula is C14H10F3N3O. The first-order chi connectivity index (χ1) is 9.86. The summed E-state index contributed by atoms with van der Waals surface area (Å²) in [7, 11) is 1.69. The van der Waals surface area contributed by atoms with Crippen molar-refractivity contribution < 1.29 is 13.2 Å². The van der Waals surface area contributed by atoms with E-state index in [2.05, 4.69) is 10.1 Å². The van der Waals surface area contributed by atoms with Crippen molar-refractivity contribution in [1.29, 1.82) is 0 Å². The molecule has 1 aromatic carbocycles. The Kier molecular flexibility index (Phi) is 2.86. The maximum Gasteiger partial charge on any atom is 0.416 e. The number of H-pyrrole nitrogens is 1. The van der Waals surface area contributed by atoms with Crippen molar-refractivity contribution >= 4 is 10.9 Å². The quantitative estimate of drug-likeness (QED) is 0.750. The van der Waals surface area contributed by atoms with Crippen LogP contribution in [-0.2, 0) is 13.2 Å². The zero-order valence-electron chi connectivity index (χ0n) is 10.9. The van der Waals surface area contributed by atoms with Crippen LogP contribution in [0.5, 0.6) is 0 Å². The van der Waals surface area contributed by atoms with E-state index in [-0.39, 0.29) is 5.56 Å². The number of aromatic nitrogens is 3. The highest BCUT2D eigenvalue weighted by atomic mass is 19.4. The number of aryl methyl sites for hydroxylation is 1. The summed E-state index contributed by atoms with van der Waals surface area (Å²) in [5, 5.41) is 4.42. The van der Waals surface area contributed by atoms with Gasteiger partial charge in [0.1, 0.15) is 0 Å². The topological polar surface area (TPSA) is 50.7 Å². The predicted octanol–water partition coefficient (Wildman–Crippen LogP) is 2.95. The molecule has 3 rings (SSSR count). The minimum Gasteiger partial charge on any atom is -0.321 e. The van der Waals surface area contributed by atoms with Crippen molar-refractivity contribution in [2.75, 3.05) is 0 Å². The van der Waals surface area contributed by atoms with Crippen LogP contribution in [0.3, 0.4) is 0 Å². The standard InChI is InChI=1S/C14H10F3N3O/c1-20-12-6-11(19-13(21)10(12)7-18-20)8-2-4-9(5-3-8)14(15,16)17/h2-7H,1H3,(H,19,21). The molecule has 2 aromatic heterocycles. The Hall–Kier alpha value is -2.57. The van der Waals surface area contributed by atoms with Gasteiger partial charge in [-0.25, -0.2) is 0 Å². The molecule has 0 amide bonds. The lowest BCUT2D eigenvalue weighted by Gasteiger charge is -2.08. The molecule has 3 aromatic rings. The fourth-order valence-corrected chi connectivity index (χ4v) is 2.15. The maximum atomic E-state index is 12.5. The van der Waals surface area contributed by atoms with E-state index < -0.39 is 11.7 Å². The Balaban J connectivity index is 2.12. The number of hydrogen-bond donors (Lipinski definition) is 1. The minimum atomic E-state index is -4.38. The summed E-state index contributed by atoms with van der Waals surface area (Å²) in [5.74, 6) is 0.